The Kier molecular flexibility index (Phi) is 21.1. The molecule has 0 spiro atoms. The predicted molar refractivity (Wildman–Crippen MR) is 22.8 cm³/mol. The first-order chi connectivity index (χ1) is 3.46. The van der Waals surface area contributed by atoms with E-state index >= 15 is 0 Å². The summed E-state index contributed by atoms with van der Waals surface area (Å²) >= 11 is 0. The first kappa shape index (κ1) is 16.4. The van der Waals surface area contributed by atoms with E-state index in [0.29, 0.717) is 0 Å². The first-order valence-electron chi connectivity index (χ1n) is 1.32. The first-order valence-corrected chi connectivity index (χ1v) is 1.32. The molecule has 0 aromatic carbocycles. The van der Waals surface area contributed by atoms with Crippen LogP contribution in [0.3, 0.4) is 0 Å². The zero-order valence-corrected chi connectivity index (χ0v) is 7.71. The van der Waals surface area contributed by atoms with E-state index in [1.54, 1.807) is 0 Å². The minimum absolute atomic E-state index is 0. The second-order valence-corrected chi connectivity index (χ2v) is 0.570. The van der Waals surface area contributed by atoms with E-state index in [9.17, 15) is 0 Å². The minimum atomic E-state index is -2.17. The van der Waals surface area contributed by atoms with Crippen molar-refractivity contribution >= 4 is 7.32 Å². The van der Waals surface area contributed by atoms with Crippen LogP contribution >= 0.6 is 0 Å². The van der Waals surface area contributed by atoms with E-state index in [1.807, 2.05) is 0 Å². The standard InChI is InChI=1S/BH3O3.K.NO3/c2-1(3)4;;2-1(3)4/h2-4H;;/q;+1;-1. The second kappa shape index (κ2) is 11.6. The summed E-state index contributed by atoms with van der Waals surface area (Å²) in [7, 11) is -2.17. The Labute approximate surface area is 93.0 Å². The summed E-state index contributed by atoms with van der Waals surface area (Å²) in [5.74, 6) is 0. The van der Waals surface area contributed by atoms with Gasteiger partial charge < -0.3 is 30.4 Å². The van der Waals surface area contributed by atoms with E-state index in [4.69, 9.17) is 30.4 Å². The molecule has 3 N–H and O–H groups in total. The summed E-state index contributed by atoms with van der Waals surface area (Å²) in [5.41, 5.74) is 0. The molecule has 0 aliphatic rings. The van der Waals surface area contributed by atoms with Crippen molar-refractivity contribution in [3.8, 4) is 0 Å². The Morgan fingerprint density at radius 2 is 1.22 bits per heavy atom. The van der Waals surface area contributed by atoms with E-state index < -0.39 is 12.4 Å². The third kappa shape index (κ3) is 662. The maximum Gasteiger partial charge on any atom is 1.00 e. The summed E-state index contributed by atoms with van der Waals surface area (Å²) in [4.78, 5) is 8.25. The van der Waals surface area contributed by atoms with Crippen LogP contribution in [0, 0.1) is 15.3 Å². The fourth-order valence-electron chi connectivity index (χ4n) is 0. The molecule has 0 saturated heterocycles. The summed E-state index contributed by atoms with van der Waals surface area (Å²) in [6.07, 6.45) is 0. The molecule has 0 aromatic heterocycles. The van der Waals surface area contributed by atoms with Gasteiger partial charge in [-0.2, -0.15) is 0 Å². The van der Waals surface area contributed by atoms with Crippen LogP contribution in [0.1, 0.15) is 0 Å². The molecule has 0 rings (SSSR count). The molecule has 48 valence electrons. The Balaban J connectivity index is -0.0000000720. The molecule has 0 atom stereocenters. The summed E-state index contributed by atoms with van der Waals surface area (Å²) in [5, 5.41) is 36.2. The van der Waals surface area contributed by atoms with Gasteiger partial charge in [-0.3, -0.25) is 0 Å². The molecule has 0 amide bonds. The molecule has 0 bridgehead atoms. The molecule has 0 fully saturated rings. The molecule has 9 heavy (non-hydrogen) atoms. The Hall–Kier alpha value is 0.781. The van der Waals surface area contributed by atoms with Crippen molar-refractivity contribution in [1.29, 1.82) is 0 Å². The molecule has 0 unspecified atom stereocenters. The van der Waals surface area contributed by atoms with Gasteiger partial charge in [-0.1, -0.05) is 0 Å². The number of hydrogen-bond acceptors (Lipinski definition) is 6. The Bertz CT molecular complexity index is 57.3. The predicted octanol–water partition coefficient (Wildman–Crippen LogP) is -5.29. The van der Waals surface area contributed by atoms with Crippen molar-refractivity contribution in [2.45, 2.75) is 0 Å². The fourth-order valence-corrected chi connectivity index (χ4v) is 0. The van der Waals surface area contributed by atoms with Gasteiger partial charge in [0.15, 0.2) is 0 Å². The van der Waals surface area contributed by atoms with Gasteiger partial charge in [0.2, 0.25) is 0 Å². The van der Waals surface area contributed by atoms with Crippen LogP contribution < -0.4 is 51.4 Å². The zero-order valence-electron chi connectivity index (χ0n) is 4.59. The average Bonchev–Trinajstić information content (AvgIpc) is 1.25. The quantitative estimate of drug-likeness (QED) is 0.186. The Morgan fingerprint density at radius 3 is 1.22 bits per heavy atom. The summed E-state index contributed by atoms with van der Waals surface area (Å²) in [6, 6.07) is 0. The number of rotatable bonds is 0. The largest absolute Gasteiger partial charge is 1.00 e. The fraction of sp³-hybridized carbons (Fsp3) is 0. The van der Waals surface area contributed by atoms with Crippen LogP contribution in [0.25, 0.3) is 0 Å². The van der Waals surface area contributed by atoms with E-state index in [-0.39, 0.29) is 51.4 Å². The van der Waals surface area contributed by atoms with Crippen molar-refractivity contribution < 1.29 is 71.5 Å². The van der Waals surface area contributed by atoms with Crippen LogP contribution in [-0.4, -0.2) is 27.5 Å². The van der Waals surface area contributed by atoms with Gasteiger partial charge in [0.1, 0.15) is 0 Å². The van der Waals surface area contributed by atoms with Crippen LogP contribution in [0.2, 0.25) is 0 Å². The van der Waals surface area contributed by atoms with Crippen molar-refractivity contribution in [2.75, 3.05) is 0 Å². The van der Waals surface area contributed by atoms with E-state index in [0.717, 1.165) is 0 Å². The smallest absolute Gasteiger partial charge is 0.402 e. The molecule has 9 heteroatoms. The van der Waals surface area contributed by atoms with Gasteiger partial charge in [-0.25, -0.2) is 0 Å². The van der Waals surface area contributed by atoms with E-state index in [2.05, 4.69) is 0 Å². The van der Waals surface area contributed by atoms with Crippen LogP contribution in [0.15, 0.2) is 0 Å². The molecule has 0 aromatic rings. The van der Waals surface area contributed by atoms with Gasteiger partial charge in [0.05, 0.1) is 5.09 Å². The third-order valence-corrected chi connectivity index (χ3v) is 0. The minimum Gasteiger partial charge on any atom is -0.402 e. The topological polar surface area (TPSA) is 127 Å². The molecule has 0 aliphatic carbocycles. The van der Waals surface area contributed by atoms with Crippen molar-refractivity contribution in [3.05, 3.63) is 15.3 Å². The normalized spacial score (nSPS) is 5.67. The van der Waals surface area contributed by atoms with Crippen LogP contribution in [0.4, 0.5) is 0 Å². The SMILES string of the molecule is O=[N+]([O-])[O-].OB(O)O.[K+]. The van der Waals surface area contributed by atoms with Crippen LogP contribution in [0.5, 0.6) is 0 Å². The molecule has 0 radical (unpaired) electrons. The Morgan fingerprint density at radius 1 is 1.22 bits per heavy atom. The van der Waals surface area contributed by atoms with Gasteiger partial charge in [-0.05, 0) is 0 Å². The molecule has 0 aliphatic heterocycles. The van der Waals surface area contributed by atoms with Crippen molar-refractivity contribution in [3.63, 3.8) is 0 Å². The molecule has 0 saturated carbocycles. The number of nitrogens with zero attached hydrogens (tertiary/aromatic N) is 1. The van der Waals surface area contributed by atoms with E-state index in [1.165, 1.54) is 0 Å². The van der Waals surface area contributed by atoms with Gasteiger partial charge >= 0.3 is 58.7 Å². The summed E-state index contributed by atoms with van der Waals surface area (Å²) in [6.45, 7) is 0. The zero-order chi connectivity index (χ0) is 7.15. The van der Waals surface area contributed by atoms with Gasteiger partial charge in [0, 0.05) is 0 Å². The molecule has 0 heterocycles. The van der Waals surface area contributed by atoms with Gasteiger partial charge in [0.25, 0.3) is 0 Å². The molecular weight excluding hydrogens is 160 g/mol. The second-order valence-electron chi connectivity index (χ2n) is 0.570. The van der Waals surface area contributed by atoms with Crippen LogP contribution in [-0.2, 0) is 0 Å². The summed E-state index contributed by atoms with van der Waals surface area (Å²) < 4.78 is 0. The average molecular weight is 163 g/mol. The monoisotopic (exact) mass is 163 g/mol. The van der Waals surface area contributed by atoms with Crippen molar-refractivity contribution in [2.24, 2.45) is 0 Å². The third-order valence-electron chi connectivity index (χ3n) is 0. The molecule has 7 nitrogen and oxygen atoms in total. The maximum atomic E-state index is 8.25. The molecular formula is H3BKNO6. The maximum absolute atomic E-state index is 8.25. The number of hydrogen-bond donors (Lipinski definition) is 3. The van der Waals surface area contributed by atoms with Gasteiger partial charge in [-0.15, -0.1) is 0 Å². The van der Waals surface area contributed by atoms with Crippen molar-refractivity contribution in [1.82, 2.24) is 0 Å².